The van der Waals surface area contributed by atoms with Crippen molar-refractivity contribution in [2.24, 2.45) is 0 Å². The molecule has 17 heavy (non-hydrogen) atoms. The number of ether oxygens (including phenoxy) is 2. The smallest absolute Gasteiger partial charge is 0.382 e. The highest BCUT2D eigenvalue weighted by Gasteiger charge is 2.26. The quantitative estimate of drug-likeness (QED) is 0.609. The normalized spacial score (nSPS) is 13.9. The summed E-state index contributed by atoms with van der Waals surface area (Å²) >= 11 is 0. The fraction of sp³-hybridized carbons (Fsp3) is 1.00. The highest BCUT2D eigenvalue weighted by molar-refractivity contribution is 4.62. The number of nitrogens with one attached hydrogen (secondary N) is 1. The summed E-state index contributed by atoms with van der Waals surface area (Å²) in [5, 5.41) is 3.11. The summed E-state index contributed by atoms with van der Waals surface area (Å²) in [6.07, 6.45) is -4.05. The van der Waals surface area contributed by atoms with Crippen molar-refractivity contribution >= 4 is 0 Å². The fourth-order valence-corrected chi connectivity index (χ4v) is 1.33. The van der Waals surface area contributed by atoms with Crippen LogP contribution in [0.15, 0.2) is 0 Å². The molecule has 0 radical (unpaired) electrons. The first-order valence-electron chi connectivity index (χ1n) is 5.82. The summed E-state index contributed by atoms with van der Waals surface area (Å²) in [5.41, 5.74) is 0. The van der Waals surface area contributed by atoms with Gasteiger partial charge in [0.1, 0.15) is 0 Å². The molecular formula is C11H22F3NO2. The van der Waals surface area contributed by atoms with E-state index < -0.39 is 12.6 Å². The zero-order valence-electron chi connectivity index (χ0n) is 10.5. The summed E-state index contributed by atoms with van der Waals surface area (Å²) in [5.74, 6) is 0. The minimum absolute atomic E-state index is 0.0865. The molecule has 0 amide bonds. The molecule has 1 N–H and O–H groups in total. The number of rotatable bonds is 10. The Morgan fingerprint density at radius 3 is 2.47 bits per heavy atom. The van der Waals surface area contributed by atoms with Gasteiger partial charge in [0.25, 0.3) is 0 Å². The van der Waals surface area contributed by atoms with Gasteiger partial charge in [0.15, 0.2) is 0 Å². The first kappa shape index (κ1) is 16.7. The summed E-state index contributed by atoms with van der Waals surface area (Å²) in [4.78, 5) is 0. The monoisotopic (exact) mass is 257 g/mol. The molecule has 0 saturated heterocycles. The maximum absolute atomic E-state index is 11.9. The molecule has 3 nitrogen and oxygen atoms in total. The van der Waals surface area contributed by atoms with Gasteiger partial charge in [-0.1, -0.05) is 0 Å². The lowest BCUT2D eigenvalue weighted by Crippen LogP contribution is -2.30. The number of alkyl halides is 3. The zero-order chi connectivity index (χ0) is 13.1. The lowest BCUT2D eigenvalue weighted by molar-refractivity contribution is -0.135. The van der Waals surface area contributed by atoms with E-state index in [1.54, 1.807) is 7.11 Å². The molecule has 0 aliphatic carbocycles. The van der Waals surface area contributed by atoms with Gasteiger partial charge in [-0.2, -0.15) is 13.2 Å². The number of hydrogen-bond acceptors (Lipinski definition) is 3. The maximum atomic E-state index is 11.9. The van der Waals surface area contributed by atoms with E-state index in [9.17, 15) is 13.2 Å². The van der Waals surface area contributed by atoms with E-state index in [-0.39, 0.29) is 12.5 Å². The highest BCUT2D eigenvalue weighted by atomic mass is 19.4. The summed E-state index contributed by atoms with van der Waals surface area (Å²) in [6.45, 7) is 4.18. The van der Waals surface area contributed by atoms with Gasteiger partial charge in [-0.3, -0.25) is 0 Å². The van der Waals surface area contributed by atoms with Gasteiger partial charge < -0.3 is 14.8 Å². The van der Waals surface area contributed by atoms with Crippen LogP contribution in [-0.2, 0) is 9.47 Å². The summed E-state index contributed by atoms with van der Waals surface area (Å²) in [7, 11) is 1.60. The lowest BCUT2D eigenvalue weighted by Gasteiger charge is -2.14. The van der Waals surface area contributed by atoms with E-state index in [4.69, 9.17) is 9.47 Å². The molecule has 1 atom stereocenters. The van der Waals surface area contributed by atoms with Gasteiger partial charge >= 0.3 is 6.18 Å². The number of methoxy groups -OCH3 is 1. The van der Waals surface area contributed by atoms with Crippen LogP contribution >= 0.6 is 0 Å². The van der Waals surface area contributed by atoms with Crippen molar-refractivity contribution in [3.05, 3.63) is 0 Å². The van der Waals surface area contributed by atoms with Crippen LogP contribution in [-0.4, -0.2) is 45.7 Å². The molecule has 0 bridgehead atoms. The van der Waals surface area contributed by atoms with Crippen LogP contribution in [0.5, 0.6) is 0 Å². The third-order valence-electron chi connectivity index (χ3n) is 2.27. The van der Waals surface area contributed by atoms with E-state index in [2.05, 4.69) is 5.32 Å². The Kier molecular flexibility index (Phi) is 9.49. The molecular weight excluding hydrogens is 235 g/mol. The Morgan fingerprint density at radius 1 is 1.18 bits per heavy atom. The largest absolute Gasteiger partial charge is 0.389 e. The van der Waals surface area contributed by atoms with Crippen LogP contribution in [0.2, 0.25) is 0 Å². The zero-order valence-corrected chi connectivity index (χ0v) is 10.5. The third kappa shape index (κ3) is 13.6. The minimum atomic E-state index is -4.04. The average Bonchev–Trinajstić information content (AvgIpc) is 2.21. The van der Waals surface area contributed by atoms with Gasteiger partial charge in [0.2, 0.25) is 0 Å². The van der Waals surface area contributed by atoms with E-state index >= 15 is 0 Å². The fourth-order valence-electron chi connectivity index (χ4n) is 1.33. The summed E-state index contributed by atoms with van der Waals surface area (Å²) < 4.78 is 45.7. The maximum Gasteiger partial charge on any atom is 0.389 e. The van der Waals surface area contributed by atoms with Gasteiger partial charge in [0, 0.05) is 26.1 Å². The summed E-state index contributed by atoms with van der Waals surface area (Å²) in [6, 6.07) is 0.0865. The molecule has 0 heterocycles. The first-order valence-corrected chi connectivity index (χ1v) is 5.82. The Hall–Kier alpha value is -0.330. The molecule has 0 aliphatic rings. The third-order valence-corrected chi connectivity index (χ3v) is 2.27. The molecule has 6 heteroatoms. The Bertz CT molecular complexity index is 177. The molecule has 104 valence electrons. The molecule has 0 saturated carbocycles. The van der Waals surface area contributed by atoms with Crippen LogP contribution in [0, 0.1) is 0 Å². The van der Waals surface area contributed by atoms with Gasteiger partial charge in [-0.05, 0) is 19.8 Å². The van der Waals surface area contributed by atoms with E-state index in [1.165, 1.54) is 0 Å². The van der Waals surface area contributed by atoms with Crippen molar-refractivity contribution in [2.45, 2.75) is 38.4 Å². The van der Waals surface area contributed by atoms with Crippen molar-refractivity contribution in [2.75, 3.05) is 33.5 Å². The Morgan fingerprint density at radius 2 is 1.88 bits per heavy atom. The molecule has 1 unspecified atom stereocenters. The van der Waals surface area contributed by atoms with Crippen LogP contribution in [0.25, 0.3) is 0 Å². The van der Waals surface area contributed by atoms with E-state index in [0.717, 1.165) is 0 Å². The van der Waals surface area contributed by atoms with Crippen LogP contribution in [0.4, 0.5) is 13.2 Å². The predicted molar refractivity (Wildman–Crippen MR) is 60.1 cm³/mol. The highest BCUT2D eigenvalue weighted by Crippen LogP contribution is 2.22. The van der Waals surface area contributed by atoms with Crippen molar-refractivity contribution in [3.8, 4) is 0 Å². The second kappa shape index (κ2) is 9.67. The van der Waals surface area contributed by atoms with Crippen LogP contribution in [0.3, 0.4) is 0 Å². The number of halogens is 3. The predicted octanol–water partition coefficient (Wildman–Crippen LogP) is 2.36. The molecule has 0 fully saturated rings. The van der Waals surface area contributed by atoms with Crippen molar-refractivity contribution in [1.29, 1.82) is 0 Å². The lowest BCUT2D eigenvalue weighted by atomic mass is 10.1. The SMILES string of the molecule is COCCOCCNC(C)CCCC(F)(F)F. The van der Waals surface area contributed by atoms with Crippen LogP contribution < -0.4 is 5.32 Å². The second-order valence-electron chi connectivity index (χ2n) is 3.97. The van der Waals surface area contributed by atoms with Crippen molar-refractivity contribution < 1.29 is 22.6 Å². The van der Waals surface area contributed by atoms with Crippen molar-refractivity contribution in [3.63, 3.8) is 0 Å². The van der Waals surface area contributed by atoms with Gasteiger partial charge in [0.05, 0.1) is 19.8 Å². The van der Waals surface area contributed by atoms with E-state index in [1.807, 2.05) is 6.92 Å². The molecule has 0 aromatic heterocycles. The Balaban J connectivity index is 3.26. The van der Waals surface area contributed by atoms with Gasteiger partial charge in [-0.15, -0.1) is 0 Å². The first-order chi connectivity index (χ1) is 7.95. The van der Waals surface area contributed by atoms with Gasteiger partial charge in [-0.25, -0.2) is 0 Å². The minimum Gasteiger partial charge on any atom is -0.382 e. The number of hydrogen-bond donors (Lipinski definition) is 1. The molecule has 0 rings (SSSR count). The molecule has 0 aliphatic heterocycles. The Labute approximate surface area is 101 Å². The van der Waals surface area contributed by atoms with E-state index in [0.29, 0.717) is 32.8 Å². The van der Waals surface area contributed by atoms with Crippen molar-refractivity contribution in [1.82, 2.24) is 5.32 Å². The standard InChI is InChI=1S/C11H22F3NO2/c1-10(4-3-5-11(12,13)14)15-6-7-17-9-8-16-2/h10,15H,3-9H2,1-2H3. The topological polar surface area (TPSA) is 30.5 Å². The molecule has 0 aromatic carbocycles. The average molecular weight is 257 g/mol. The van der Waals surface area contributed by atoms with Crippen LogP contribution in [0.1, 0.15) is 26.2 Å². The molecule has 0 spiro atoms. The second-order valence-corrected chi connectivity index (χ2v) is 3.97. The molecule has 0 aromatic rings.